The second-order valence-electron chi connectivity index (χ2n) is 15.1. The number of anilines is 2. The first-order chi connectivity index (χ1) is 27.4. The van der Waals surface area contributed by atoms with Crippen molar-refractivity contribution in [2.75, 3.05) is 4.90 Å². The van der Waals surface area contributed by atoms with Gasteiger partial charge >= 0.3 is 0 Å². The van der Waals surface area contributed by atoms with E-state index in [1.165, 1.54) is 11.1 Å². The fourth-order valence-electron chi connectivity index (χ4n) is 9.36. The number of allylic oxidation sites excluding steroid dienone is 5. The van der Waals surface area contributed by atoms with E-state index in [2.05, 4.69) is 104 Å². The molecule has 0 N–H and O–H groups in total. The molecular formula is C49H35F3N3P. The Labute approximate surface area is 324 Å². The van der Waals surface area contributed by atoms with E-state index >= 15 is 8.78 Å². The van der Waals surface area contributed by atoms with Crippen LogP contribution in [0.15, 0.2) is 139 Å². The number of hydrogen-bond donors (Lipinski definition) is 0. The summed E-state index contributed by atoms with van der Waals surface area (Å²) in [6.07, 6.45) is 13.5. The predicted molar refractivity (Wildman–Crippen MR) is 228 cm³/mol. The molecule has 11 rings (SSSR count). The van der Waals surface area contributed by atoms with E-state index < -0.39 is 11.6 Å². The molecule has 6 aromatic carbocycles. The van der Waals surface area contributed by atoms with Crippen molar-refractivity contribution in [2.45, 2.75) is 32.1 Å². The molecule has 7 heteroatoms. The number of hydrogen-bond acceptors (Lipinski definition) is 1. The minimum absolute atomic E-state index is 0.195. The van der Waals surface area contributed by atoms with Crippen molar-refractivity contribution in [1.29, 1.82) is 0 Å². The van der Waals surface area contributed by atoms with Crippen molar-refractivity contribution in [3.8, 4) is 22.5 Å². The van der Waals surface area contributed by atoms with Crippen molar-refractivity contribution in [3.63, 3.8) is 0 Å². The second-order valence-corrected chi connectivity index (χ2v) is 15.7. The molecule has 8 aromatic rings. The molecule has 0 amide bonds. The Morgan fingerprint density at radius 2 is 1.36 bits per heavy atom. The lowest BCUT2D eigenvalue weighted by Gasteiger charge is -2.26. The molecule has 0 fully saturated rings. The molecule has 3 heterocycles. The molecule has 2 atom stereocenters. The van der Waals surface area contributed by atoms with Gasteiger partial charge in [-0.15, -0.1) is 9.24 Å². The minimum Gasteiger partial charge on any atom is -0.310 e. The number of benzene rings is 6. The zero-order valence-electron chi connectivity index (χ0n) is 30.5. The van der Waals surface area contributed by atoms with Gasteiger partial charge in [-0.05, 0) is 126 Å². The lowest BCUT2D eigenvalue weighted by atomic mass is 9.92. The van der Waals surface area contributed by atoms with Crippen LogP contribution < -0.4 is 10.2 Å². The van der Waals surface area contributed by atoms with Gasteiger partial charge in [-0.2, -0.15) is 0 Å². The summed E-state index contributed by atoms with van der Waals surface area (Å²) in [6, 6.07) is 35.4. The van der Waals surface area contributed by atoms with Crippen molar-refractivity contribution in [3.05, 3.63) is 179 Å². The van der Waals surface area contributed by atoms with Crippen molar-refractivity contribution >= 4 is 64.7 Å². The Morgan fingerprint density at radius 1 is 0.625 bits per heavy atom. The van der Waals surface area contributed by atoms with Crippen LogP contribution in [0.5, 0.6) is 0 Å². The standard InChI is InChI=1S/C49H35F3N3P/c1-28-22-46(38(51)25-37(28)50)54-42-16-8-4-12-33(42)35-23-29(18-20-44(35)54)30-19-21-45-36(24-30)34-13-5-9-17-43(34)55(45)48-27-47(39(52)26-49(48)56)53-40-14-6-2-10-31(40)32-11-3-7-15-41(32)53/h2-4,6-10,12,14-27,32H,5,11,13,56H2,1H3. The maximum absolute atomic E-state index is 16.3. The zero-order chi connectivity index (χ0) is 37.8. The summed E-state index contributed by atoms with van der Waals surface area (Å²) < 4.78 is 50.2. The van der Waals surface area contributed by atoms with E-state index in [1.54, 1.807) is 19.1 Å². The third kappa shape index (κ3) is 4.82. The quantitative estimate of drug-likeness (QED) is 0.163. The first-order valence-electron chi connectivity index (χ1n) is 19.0. The van der Waals surface area contributed by atoms with E-state index in [0.29, 0.717) is 16.9 Å². The summed E-state index contributed by atoms with van der Waals surface area (Å²) in [5, 5.41) is 3.93. The first-order valence-corrected chi connectivity index (χ1v) is 19.6. The second kappa shape index (κ2) is 12.5. The van der Waals surface area contributed by atoms with Gasteiger partial charge in [0.15, 0.2) is 0 Å². The smallest absolute Gasteiger partial charge is 0.150 e. The normalized spacial score (nSPS) is 15.8. The highest BCUT2D eigenvalue weighted by atomic mass is 31.0. The molecule has 0 saturated heterocycles. The monoisotopic (exact) mass is 753 g/mol. The molecule has 0 saturated carbocycles. The lowest BCUT2D eigenvalue weighted by molar-refractivity contribution is 0.573. The van der Waals surface area contributed by atoms with Crippen molar-refractivity contribution in [2.24, 2.45) is 0 Å². The topological polar surface area (TPSA) is 13.1 Å². The van der Waals surface area contributed by atoms with Gasteiger partial charge in [0.2, 0.25) is 0 Å². The van der Waals surface area contributed by atoms with Crippen LogP contribution in [0.3, 0.4) is 0 Å². The molecule has 2 unspecified atom stereocenters. The molecule has 2 aliphatic carbocycles. The van der Waals surface area contributed by atoms with Gasteiger partial charge in [0.1, 0.15) is 17.5 Å². The Morgan fingerprint density at radius 3 is 2.21 bits per heavy atom. The summed E-state index contributed by atoms with van der Waals surface area (Å²) in [6.45, 7) is 1.66. The van der Waals surface area contributed by atoms with Gasteiger partial charge < -0.3 is 14.0 Å². The molecule has 3 nitrogen and oxygen atoms in total. The zero-order valence-corrected chi connectivity index (χ0v) is 31.7. The number of aryl methyl sites for hydroxylation is 2. The van der Waals surface area contributed by atoms with Gasteiger partial charge in [0, 0.05) is 45.2 Å². The van der Waals surface area contributed by atoms with Gasteiger partial charge in [0.05, 0.1) is 33.6 Å². The maximum atomic E-state index is 16.3. The van der Waals surface area contributed by atoms with Crippen LogP contribution in [-0.4, -0.2) is 9.13 Å². The number of rotatable bonds is 4. The molecule has 3 aliphatic rings. The summed E-state index contributed by atoms with van der Waals surface area (Å²) in [5.41, 5.74) is 12.8. The minimum atomic E-state index is -0.604. The van der Waals surface area contributed by atoms with Crippen molar-refractivity contribution in [1.82, 2.24) is 9.13 Å². The summed E-state index contributed by atoms with van der Waals surface area (Å²) in [4.78, 5) is 2.11. The Balaban J connectivity index is 1.07. The number of aromatic nitrogens is 2. The molecule has 0 radical (unpaired) electrons. The highest BCUT2D eigenvalue weighted by molar-refractivity contribution is 7.27. The Hall–Kier alpha value is -6.10. The molecule has 2 aromatic heterocycles. The number of nitrogens with zero attached hydrogens (tertiary/aromatic N) is 3. The third-order valence-electron chi connectivity index (χ3n) is 11.9. The van der Waals surface area contributed by atoms with Crippen LogP contribution >= 0.6 is 9.24 Å². The van der Waals surface area contributed by atoms with Crippen LogP contribution in [0.2, 0.25) is 0 Å². The van der Waals surface area contributed by atoms with Crippen LogP contribution in [0, 0.1) is 24.4 Å². The van der Waals surface area contributed by atoms with E-state index in [9.17, 15) is 4.39 Å². The van der Waals surface area contributed by atoms with E-state index in [-0.39, 0.29) is 11.7 Å². The van der Waals surface area contributed by atoms with E-state index in [1.807, 2.05) is 41.0 Å². The van der Waals surface area contributed by atoms with Crippen LogP contribution in [0.1, 0.15) is 41.1 Å². The number of halogens is 3. The average Bonchev–Trinajstić information content (AvgIpc) is 3.85. The Bertz CT molecular complexity index is 3090. The highest BCUT2D eigenvalue weighted by Gasteiger charge is 2.36. The lowest BCUT2D eigenvalue weighted by Crippen LogP contribution is -2.18. The molecule has 0 spiro atoms. The van der Waals surface area contributed by atoms with Gasteiger partial charge in [0.25, 0.3) is 0 Å². The van der Waals surface area contributed by atoms with Crippen LogP contribution in [0.4, 0.5) is 24.5 Å². The number of fused-ring (bicyclic) bond motifs is 9. The predicted octanol–water partition coefficient (Wildman–Crippen LogP) is 12.7. The summed E-state index contributed by atoms with van der Waals surface area (Å²) in [5.74, 6) is -1.23. The van der Waals surface area contributed by atoms with Gasteiger partial charge in [-0.1, -0.05) is 66.8 Å². The maximum Gasteiger partial charge on any atom is 0.150 e. The van der Waals surface area contributed by atoms with E-state index in [4.69, 9.17) is 0 Å². The third-order valence-corrected chi connectivity index (χ3v) is 12.4. The summed E-state index contributed by atoms with van der Waals surface area (Å²) >= 11 is 0. The average molecular weight is 754 g/mol. The van der Waals surface area contributed by atoms with Gasteiger partial charge in [-0.25, -0.2) is 13.2 Å². The fourth-order valence-corrected chi connectivity index (χ4v) is 9.72. The molecule has 0 bridgehead atoms. The van der Waals surface area contributed by atoms with Crippen molar-refractivity contribution < 1.29 is 13.2 Å². The molecule has 1 aliphatic heterocycles. The molecule has 56 heavy (non-hydrogen) atoms. The SMILES string of the molecule is Cc1cc(-n2c3ccccc3c3cc(-c4ccc5c(c4)c4c(n5-c5cc(N6C7=CC=CCC7c7ccccc76)c(F)cc5P)C=CCC4)ccc32)c(F)cc1F. The molecule has 272 valence electrons. The number of para-hydroxylation sites is 2. The van der Waals surface area contributed by atoms with E-state index in [0.717, 1.165) is 97.2 Å². The largest absolute Gasteiger partial charge is 0.310 e. The fraction of sp³-hybridized carbons (Fsp3) is 0.102. The Kier molecular flexibility index (Phi) is 7.40. The highest BCUT2D eigenvalue weighted by Crippen LogP contribution is 2.51. The van der Waals surface area contributed by atoms with Crippen LogP contribution in [-0.2, 0) is 6.42 Å². The van der Waals surface area contributed by atoms with Gasteiger partial charge in [-0.3, -0.25) is 0 Å². The summed E-state index contributed by atoms with van der Waals surface area (Å²) in [7, 11) is 2.79. The van der Waals surface area contributed by atoms with Crippen LogP contribution in [0.25, 0.3) is 61.3 Å². The molecular weight excluding hydrogens is 719 g/mol. The first kappa shape index (κ1) is 33.3.